The summed E-state index contributed by atoms with van der Waals surface area (Å²) in [5, 5.41) is 52.8. The fourth-order valence-electron chi connectivity index (χ4n) is 10.7. The minimum absolute atomic E-state index is 0.00675. The molecule has 0 bridgehead atoms. The van der Waals surface area contributed by atoms with E-state index in [0.717, 1.165) is 33.0 Å². The van der Waals surface area contributed by atoms with Gasteiger partial charge in [-0.05, 0) is 42.5 Å². The summed E-state index contributed by atoms with van der Waals surface area (Å²) in [6.45, 7) is 0.977. The highest BCUT2D eigenvalue weighted by Crippen LogP contribution is 2.35. The minimum atomic E-state index is -4.90. The van der Waals surface area contributed by atoms with Gasteiger partial charge in [-0.2, -0.15) is 28.5 Å². The summed E-state index contributed by atoms with van der Waals surface area (Å²) >= 11 is 17.6. The number of nitrogens with one attached hydrogen (secondary N) is 3. The van der Waals surface area contributed by atoms with Crippen LogP contribution in [0.25, 0.3) is 0 Å². The molecule has 91 heavy (non-hydrogen) atoms. The van der Waals surface area contributed by atoms with E-state index in [9.17, 15) is 70.4 Å². The molecule has 2 unspecified atom stereocenters. The van der Waals surface area contributed by atoms with Gasteiger partial charge in [-0.25, -0.2) is 42.7 Å². The van der Waals surface area contributed by atoms with Crippen molar-refractivity contribution in [2.45, 2.75) is 83.0 Å². The molecule has 3 aromatic carbocycles. The Labute approximate surface area is 526 Å². The average molecular weight is 1340 g/mol. The number of amides is 9. The van der Waals surface area contributed by atoms with E-state index < -0.39 is 71.4 Å². The number of hydrogen-bond acceptors (Lipinski definition) is 15. The predicted molar refractivity (Wildman–Crippen MR) is 307 cm³/mol. The number of rotatable bonds is 6. The Morgan fingerprint density at radius 1 is 0.527 bits per heavy atom. The first-order valence-corrected chi connectivity index (χ1v) is 28.9. The summed E-state index contributed by atoms with van der Waals surface area (Å²) in [5.41, 5.74) is 3.28. The third-order valence-corrected chi connectivity index (χ3v) is 16.3. The van der Waals surface area contributed by atoms with Crippen LogP contribution in [-0.2, 0) is 79.2 Å². The zero-order valence-corrected chi connectivity index (χ0v) is 50.5. The molecule has 3 atom stereocenters. The molecule has 3 aromatic heterocycles. The van der Waals surface area contributed by atoms with Crippen molar-refractivity contribution in [3.05, 3.63) is 137 Å². The standard InChI is InChI=1S/C19H19F4N5O4.C18H19Cl2N5O4.C18H18ClF2N5O4/c1-26-17(30)16-12-8-27(5-4-15(12)25-28(16)7-11(9-29)32-26)18(31)24-10-2-3-14(20)13(6-10)19(21,22)23;1-23-17(27)16-12-8-24(18(28)21-10-2-3-13(19)14(20)6-10)5-4-15(12)22-25(16)7-11(9-26)29-23;1-24-17(28)16-10-7-25(3-2-14(10)23-26(16)6-9(8-27)30-24)18(29)22-15-4-11(19)12(20)5-13(15)21/h2-3,6,11,29H,4-5,7-9H2,1H3,(H,24,31);2-3,6,11,26H,4-5,7-9H2,1H3,(H,21,28);4-5,9,27H,2-3,6-8H2,1H3,(H,22,29)/t11-;;/m1../s1. The van der Waals surface area contributed by atoms with Gasteiger partial charge in [-0.1, -0.05) is 34.8 Å². The second kappa shape index (κ2) is 26.9. The topological polar surface area (TPSA) is 300 Å². The lowest BCUT2D eigenvalue weighted by atomic mass is 10.1. The second-order valence-corrected chi connectivity index (χ2v) is 22.6. The number of alkyl halides is 3. The lowest BCUT2D eigenvalue weighted by Crippen LogP contribution is -2.40. The normalized spacial score (nSPS) is 18.8. The lowest BCUT2D eigenvalue weighted by molar-refractivity contribution is -0.159. The summed E-state index contributed by atoms with van der Waals surface area (Å²) < 4.78 is 84.1. The molecule has 36 heteroatoms. The smallest absolute Gasteiger partial charge is 0.393 e. The lowest BCUT2D eigenvalue weighted by Gasteiger charge is -2.27. The van der Waals surface area contributed by atoms with Crippen molar-refractivity contribution in [2.75, 3.05) is 76.5 Å². The first-order valence-electron chi connectivity index (χ1n) is 27.8. The molecule has 27 nitrogen and oxygen atoms in total. The van der Waals surface area contributed by atoms with Crippen LogP contribution in [-0.4, -0.2) is 189 Å². The van der Waals surface area contributed by atoms with Crippen molar-refractivity contribution in [1.29, 1.82) is 0 Å². The molecular weight excluding hydrogens is 1280 g/mol. The van der Waals surface area contributed by atoms with E-state index in [0.29, 0.717) is 93.5 Å². The van der Waals surface area contributed by atoms with Gasteiger partial charge in [-0.15, -0.1) is 0 Å². The number of hydrogen-bond donors (Lipinski definition) is 6. The molecule has 0 saturated carbocycles. The van der Waals surface area contributed by atoms with E-state index in [1.807, 2.05) is 0 Å². The van der Waals surface area contributed by atoms with Crippen molar-refractivity contribution < 1.29 is 84.9 Å². The van der Waals surface area contributed by atoms with Crippen LogP contribution in [0, 0.1) is 17.5 Å². The van der Waals surface area contributed by atoms with Gasteiger partial charge in [-0.3, -0.25) is 42.9 Å². The number of anilines is 3. The van der Waals surface area contributed by atoms with E-state index in [-0.39, 0.29) is 112 Å². The van der Waals surface area contributed by atoms with Crippen molar-refractivity contribution in [1.82, 2.24) is 59.2 Å². The van der Waals surface area contributed by atoms with Crippen molar-refractivity contribution in [2.24, 2.45) is 0 Å². The quantitative estimate of drug-likeness (QED) is 0.0829. The summed E-state index contributed by atoms with van der Waals surface area (Å²) in [6.07, 6.45) is -5.55. The Bertz CT molecular complexity index is 3860. The molecular formula is C55H56Cl3F6N15O12. The number of aromatic nitrogens is 6. The van der Waals surface area contributed by atoms with Crippen molar-refractivity contribution in [3.63, 3.8) is 0 Å². The van der Waals surface area contributed by atoms with Crippen molar-refractivity contribution >= 4 is 87.7 Å². The highest BCUT2D eigenvalue weighted by Gasteiger charge is 2.40. The van der Waals surface area contributed by atoms with E-state index >= 15 is 0 Å². The van der Waals surface area contributed by atoms with E-state index in [2.05, 4.69) is 31.2 Å². The first kappa shape index (κ1) is 65.7. The summed E-state index contributed by atoms with van der Waals surface area (Å²) in [6, 6.07) is 7.00. The highest BCUT2D eigenvalue weighted by atomic mass is 35.5. The molecule has 9 heterocycles. The van der Waals surface area contributed by atoms with E-state index in [4.69, 9.17) is 49.3 Å². The van der Waals surface area contributed by atoms with Crippen LogP contribution in [0.4, 0.5) is 57.8 Å². The maximum atomic E-state index is 14.0. The van der Waals surface area contributed by atoms with Gasteiger partial charge in [0.1, 0.15) is 52.8 Å². The molecule has 0 saturated heterocycles. The highest BCUT2D eigenvalue weighted by molar-refractivity contribution is 6.42. The number of aliphatic hydroxyl groups excluding tert-OH is 3. The molecule has 6 aliphatic rings. The Kier molecular flexibility index (Phi) is 19.4. The Morgan fingerprint density at radius 3 is 1.30 bits per heavy atom. The number of benzene rings is 3. The first-order chi connectivity index (χ1) is 43.2. The van der Waals surface area contributed by atoms with Gasteiger partial charge in [0.2, 0.25) is 0 Å². The summed E-state index contributed by atoms with van der Waals surface area (Å²) in [5.74, 6) is -4.62. The van der Waals surface area contributed by atoms with Gasteiger partial charge in [0, 0.05) is 94.2 Å². The molecule has 0 radical (unpaired) electrons. The Balaban J connectivity index is 0.000000150. The van der Waals surface area contributed by atoms with E-state index in [1.54, 1.807) is 27.8 Å². The zero-order chi connectivity index (χ0) is 65.5. The number of fused-ring (bicyclic) bond motifs is 9. The monoisotopic (exact) mass is 1340 g/mol. The van der Waals surface area contributed by atoms with Crippen LogP contribution in [0.5, 0.6) is 0 Å². The molecule has 0 fully saturated rings. The van der Waals surface area contributed by atoms with Gasteiger partial charge in [0.25, 0.3) is 17.7 Å². The molecule has 486 valence electrons. The van der Waals surface area contributed by atoms with Crippen LogP contribution in [0.3, 0.4) is 0 Å². The molecule has 9 amide bonds. The van der Waals surface area contributed by atoms with Crippen LogP contribution >= 0.6 is 34.8 Å². The van der Waals surface area contributed by atoms with Gasteiger partial charge >= 0.3 is 24.3 Å². The molecule has 0 spiro atoms. The predicted octanol–water partition coefficient (Wildman–Crippen LogP) is 5.95. The van der Waals surface area contributed by atoms with E-state index in [1.165, 1.54) is 40.3 Å². The minimum Gasteiger partial charge on any atom is -0.393 e. The van der Waals surface area contributed by atoms with Crippen LogP contribution < -0.4 is 16.0 Å². The van der Waals surface area contributed by atoms with Gasteiger partial charge in [0.05, 0.1) is 102 Å². The maximum absolute atomic E-state index is 14.0. The fourth-order valence-corrected chi connectivity index (χ4v) is 11.2. The van der Waals surface area contributed by atoms with Crippen LogP contribution in [0.2, 0.25) is 15.1 Å². The second-order valence-electron chi connectivity index (χ2n) is 21.4. The number of carbonyl (C=O) groups excluding carboxylic acids is 6. The summed E-state index contributed by atoms with van der Waals surface area (Å²) in [7, 11) is 4.34. The van der Waals surface area contributed by atoms with Crippen LogP contribution in [0.15, 0.2) is 48.5 Å². The number of halogens is 9. The van der Waals surface area contributed by atoms with Crippen molar-refractivity contribution in [3.8, 4) is 0 Å². The Hall–Kier alpha value is -8.28. The van der Waals surface area contributed by atoms with Gasteiger partial charge in [0.15, 0.2) is 0 Å². The third-order valence-electron chi connectivity index (χ3n) is 15.2. The number of aliphatic hydroxyl groups is 3. The maximum Gasteiger partial charge on any atom is 0.419 e. The SMILES string of the molecule is CN1OC(CO)Cn2nc3c(c2C1=O)CN(C(=O)Nc1cc(Cl)c(F)cc1F)CC3.CN1OC(CO)Cn2nc3c(c2C1=O)CN(C(=O)Nc1ccc(Cl)c(Cl)c1)CC3.CN1O[C@@H](CO)Cn2nc3c(c2C1=O)CN(C(=O)Nc1ccc(F)c(C(F)(F)F)c1)CC3. The third kappa shape index (κ3) is 14.0. The fraction of sp³-hybridized carbons (Fsp3) is 0.400. The molecule has 12 rings (SSSR count). The molecule has 0 aliphatic carbocycles. The molecule has 6 aromatic rings. The largest absolute Gasteiger partial charge is 0.419 e. The molecule has 6 N–H and O–H groups in total. The number of carbonyl (C=O) groups is 6. The van der Waals surface area contributed by atoms with Crippen LogP contribution in [0.1, 0.15) is 70.8 Å². The molecule has 6 aliphatic heterocycles. The van der Waals surface area contributed by atoms with Gasteiger partial charge < -0.3 is 46.0 Å². The zero-order valence-electron chi connectivity index (χ0n) is 48.2. The average Bonchev–Trinajstić information content (AvgIpc) is 1.66. The number of hydroxylamine groups is 6. The summed E-state index contributed by atoms with van der Waals surface area (Å²) in [4.78, 5) is 96.9. The number of nitrogens with zero attached hydrogens (tertiary/aromatic N) is 12. The number of urea groups is 3. The Morgan fingerprint density at radius 2 is 0.912 bits per heavy atom.